The molecule has 6 rings (SSSR count). The van der Waals surface area contributed by atoms with Gasteiger partial charge in [-0.15, -0.1) is 25.0 Å². The molecule has 0 radical (unpaired) electrons. The van der Waals surface area contributed by atoms with E-state index in [1.54, 1.807) is 24.8 Å². The van der Waals surface area contributed by atoms with Gasteiger partial charge in [0.2, 0.25) is 17.7 Å². The van der Waals surface area contributed by atoms with Gasteiger partial charge in [0.1, 0.15) is 29.2 Å². The molecule has 0 bridgehead atoms. The molecule has 3 aromatic rings. The highest BCUT2D eigenvalue weighted by Gasteiger charge is 2.52. The van der Waals surface area contributed by atoms with Crippen molar-refractivity contribution in [2.75, 3.05) is 46.7 Å². The van der Waals surface area contributed by atoms with Gasteiger partial charge in [0, 0.05) is 17.8 Å². The second kappa shape index (κ2) is 18.4. The van der Waals surface area contributed by atoms with Crippen molar-refractivity contribution in [2.24, 2.45) is 5.92 Å². The number of amides is 4. The number of piperidine rings is 2. The molecule has 59 heavy (non-hydrogen) atoms. The van der Waals surface area contributed by atoms with Crippen LogP contribution in [0.3, 0.4) is 0 Å². The van der Waals surface area contributed by atoms with E-state index in [-0.39, 0.29) is 48.6 Å². The first-order valence-corrected chi connectivity index (χ1v) is 19.5. The number of alkyl halides is 3. The number of ether oxygens (including phenoxy) is 1. The number of nitrogens with zero attached hydrogens (tertiary/aromatic N) is 5. The molecule has 2 unspecified atom stereocenters. The highest BCUT2D eigenvalue weighted by molar-refractivity contribution is 7.81. The van der Waals surface area contributed by atoms with Gasteiger partial charge >= 0.3 is 6.18 Å². The number of rotatable bonds is 12. The molecule has 4 amide bonds. The molecule has 4 heterocycles. The number of pyridine rings is 1. The fraction of sp³-hybridized carbons (Fsp3) is 0.450. The average Bonchev–Trinajstić information content (AvgIpc) is 3.36. The number of hydrogen-bond acceptors (Lipinski definition) is 11. The molecule has 1 aromatic heterocycles. The second-order valence-corrected chi connectivity index (χ2v) is 15.5. The summed E-state index contributed by atoms with van der Waals surface area (Å²) < 4.78 is 62.0. The maximum Gasteiger partial charge on any atom is 0.419 e. The Morgan fingerprint density at radius 1 is 1.08 bits per heavy atom. The summed E-state index contributed by atoms with van der Waals surface area (Å²) in [5.74, 6) is -1.23. The maximum absolute atomic E-state index is 14.6. The van der Waals surface area contributed by atoms with Gasteiger partial charge < -0.3 is 20.3 Å². The minimum atomic E-state index is -4.85. The molecule has 0 spiro atoms. The second-order valence-electron chi connectivity index (χ2n) is 15.0. The normalized spacial score (nSPS) is 19.8. The van der Waals surface area contributed by atoms with Crippen LogP contribution in [0.15, 0.2) is 48.7 Å². The molecule has 2 atom stereocenters. The van der Waals surface area contributed by atoms with E-state index < -0.39 is 52.1 Å². The minimum absolute atomic E-state index is 0. The fourth-order valence-corrected chi connectivity index (χ4v) is 8.20. The van der Waals surface area contributed by atoms with Gasteiger partial charge in [-0.3, -0.25) is 34.3 Å². The van der Waals surface area contributed by atoms with Crippen molar-refractivity contribution in [3.05, 3.63) is 71.3 Å². The highest BCUT2D eigenvalue weighted by atomic mass is 35.5. The molecule has 3 N–H and O–H groups in total. The molecule has 0 aliphatic carbocycles. The first-order chi connectivity index (χ1) is 27.5. The van der Waals surface area contributed by atoms with Gasteiger partial charge in [0.15, 0.2) is 11.2 Å². The summed E-state index contributed by atoms with van der Waals surface area (Å²) in [4.78, 5) is 58.7. The van der Waals surface area contributed by atoms with Crippen LogP contribution in [0.5, 0.6) is 5.75 Å². The van der Waals surface area contributed by atoms with Crippen molar-refractivity contribution in [1.29, 1.82) is 5.26 Å². The molecule has 19 heteroatoms. The smallest absolute Gasteiger partial charge is 0.419 e. The van der Waals surface area contributed by atoms with E-state index in [1.165, 1.54) is 24.3 Å². The molecule has 3 aliphatic heterocycles. The van der Waals surface area contributed by atoms with Gasteiger partial charge in [0.25, 0.3) is 5.91 Å². The fourth-order valence-electron chi connectivity index (χ4n) is 7.54. The number of benzene rings is 2. The number of anilines is 4. The van der Waals surface area contributed by atoms with Crippen molar-refractivity contribution < 1.29 is 41.5 Å². The van der Waals surface area contributed by atoms with E-state index in [2.05, 4.69) is 33.6 Å². The Morgan fingerprint density at radius 2 is 1.81 bits per heavy atom. The molecular weight excluding hydrogens is 816 g/mol. The van der Waals surface area contributed by atoms with E-state index in [4.69, 9.17) is 4.74 Å². The minimum Gasteiger partial charge on any atom is -0.493 e. The van der Waals surface area contributed by atoms with Crippen LogP contribution in [0.25, 0.3) is 0 Å². The Morgan fingerprint density at radius 3 is 2.47 bits per heavy atom. The molecule has 3 aliphatic rings. The summed E-state index contributed by atoms with van der Waals surface area (Å²) in [7, 11) is 0. The molecule has 13 nitrogen and oxygen atoms in total. The number of aromatic nitrogens is 1. The molecule has 3 saturated heterocycles. The quantitative estimate of drug-likeness (QED) is 0.0929. The lowest BCUT2D eigenvalue weighted by Gasteiger charge is -2.34. The number of carbonyl (C=O) groups is 4. The molecule has 3 fully saturated rings. The third-order valence-corrected chi connectivity index (χ3v) is 11.2. The Bertz CT molecular complexity index is 2130. The lowest BCUT2D eigenvalue weighted by Crippen LogP contribution is -2.47. The Labute approximate surface area is 350 Å². The zero-order valence-electron chi connectivity index (χ0n) is 32.6. The number of halogens is 5. The monoisotopic (exact) mass is 860 g/mol. The van der Waals surface area contributed by atoms with Gasteiger partial charge in [-0.2, -0.15) is 18.4 Å². The van der Waals surface area contributed by atoms with Crippen LogP contribution in [0.2, 0.25) is 0 Å². The van der Waals surface area contributed by atoms with E-state index in [0.717, 1.165) is 42.0 Å². The van der Waals surface area contributed by atoms with Crippen LogP contribution >= 0.6 is 25.0 Å². The topological polar surface area (TPSA) is 160 Å². The lowest BCUT2D eigenvalue weighted by atomic mass is 9.94. The molecular formula is C40H45ClF4N8O5S. The number of imide groups is 1. The lowest BCUT2D eigenvalue weighted by molar-refractivity contribution is -0.138. The summed E-state index contributed by atoms with van der Waals surface area (Å²) in [6, 6.07) is 11.1. The third-order valence-electron chi connectivity index (χ3n) is 10.8. The van der Waals surface area contributed by atoms with Crippen molar-refractivity contribution in [3.63, 3.8) is 0 Å². The van der Waals surface area contributed by atoms with Crippen LogP contribution < -0.4 is 30.5 Å². The first kappa shape index (κ1) is 45.0. The van der Waals surface area contributed by atoms with Crippen molar-refractivity contribution in [3.8, 4) is 11.8 Å². The van der Waals surface area contributed by atoms with E-state index >= 15 is 0 Å². The number of aryl methyl sites for hydroxylation is 1. The zero-order valence-corrected chi connectivity index (χ0v) is 34.3. The Hall–Kier alpha value is -5.12. The van der Waals surface area contributed by atoms with E-state index in [9.17, 15) is 42.0 Å². The van der Waals surface area contributed by atoms with Crippen LogP contribution in [0.4, 0.5) is 40.3 Å². The van der Waals surface area contributed by atoms with Crippen molar-refractivity contribution >= 4 is 71.4 Å². The Kier molecular flexibility index (Phi) is 14.0. The molecule has 2 aromatic carbocycles. The standard InChI is InChI=1S/C40H44F4N8O5S.ClH/c1-4-24-17-26(52-38(58)51(37(56)39(52,2)3)27-19-28(40(42,43)44)32(20-45)46-21-27)6-9-33(24)57-16-13-23-11-14-50(15-12-23)22-35(54)48-31-18-25(5-7-29(31)41)47-30-8-10-34(53)49-36(30)55;/h5-7,9,17-19,21,23,30,38,47,58H,4,8,10-16,22H2,1-3H3,(H,48,54)(H,49,53,55);1H. The average molecular weight is 861 g/mol. The number of nitriles is 1. The summed E-state index contributed by atoms with van der Waals surface area (Å²) in [6.07, 6.45) is -0.211. The molecule has 316 valence electrons. The van der Waals surface area contributed by atoms with Crippen molar-refractivity contribution in [2.45, 2.75) is 82.6 Å². The number of nitrogens with one attached hydrogen (secondary N) is 3. The molecule has 0 saturated carbocycles. The van der Waals surface area contributed by atoms with Crippen molar-refractivity contribution in [1.82, 2.24) is 15.2 Å². The predicted octanol–water partition coefficient (Wildman–Crippen LogP) is 6.28. The number of carbonyl (C=O) groups excluding carboxylic acids is 4. The first-order valence-electron chi connectivity index (χ1n) is 19.0. The number of hydrogen-bond donors (Lipinski definition) is 4. The summed E-state index contributed by atoms with van der Waals surface area (Å²) >= 11 is 4.68. The van der Waals surface area contributed by atoms with Gasteiger partial charge in [-0.05, 0) is 113 Å². The van der Waals surface area contributed by atoms with Crippen LogP contribution in [-0.4, -0.2) is 76.8 Å². The zero-order chi connectivity index (χ0) is 41.9. The van der Waals surface area contributed by atoms with Crippen LogP contribution in [-0.2, 0) is 31.8 Å². The third kappa shape index (κ3) is 10.0. The Balaban J connectivity index is 0.00000661. The van der Waals surface area contributed by atoms with Crippen LogP contribution in [0, 0.1) is 23.1 Å². The predicted molar refractivity (Wildman–Crippen MR) is 218 cm³/mol. The van der Waals surface area contributed by atoms with Crippen LogP contribution in [0.1, 0.15) is 69.7 Å². The van der Waals surface area contributed by atoms with Gasteiger partial charge in [0.05, 0.1) is 36.3 Å². The largest absolute Gasteiger partial charge is 0.493 e. The van der Waals surface area contributed by atoms with E-state index in [0.29, 0.717) is 55.6 Å². The summed E-state index contributed by atoms with van der Waals surface area (Å²) in [5.41, 5.74) is -2.40. The number of likely N-dealkylation sites (tertiary alicyclic amines) is 1. The number of thiol groups is 1. The van der Waals surface area contributed by atoms with E-state index in [1.807, 2.05) is 24.0 Å². The SMILES string of the molecule is CCc1cc(N2C(S)N(c3cnc(C#N)c(C(F)(F)F)c3)C(=O)C2(C)C)ccc1OCCC1CCN(CC(=O)Nc2cc(NC3CCC(=O)NC3=O)ccc2F)CC1.Cl. The summed E-state index contributed by atoms with van der Waals surface area (Å²) in [6.45, 7) is 7.18. The van der Waals surface area contributed by atoms with Gasteiger partial charge in [-0.25, -0.2) is 9.37 Å². The maximum atomic E-state index is 14.6. The van der Waals surface area contributed by atoms with Gasteiger partial charge in [-0.1, -0.05) is 6.92 Å². The highest BCUT2D eigenvalue weighted by Crippen LogP contribution is 2.43. The summed E-state index contributed by atoms with van der Waals surface area (Å²) in [5, 5.41) is 17.1.